The first-order chi connectivity index (χ1) is 14.1. The Balaban J connectivity index is 1.24. The Morgan fingerprint density at radius 1 is 1.03 bits per heavy atom. The van der Waals surface area contributed by atoms with E-state index in [1.165, 1.54) is 18.4 Å². The summed E-state index contributed by atoms with van der Waals surface area (Å²) in [5.41, 5.74) is 2.19. The average Bonchev–Trinajstić information content (AvgIpc) is 3.44. The van der Waals surface area contributed by atoms with E-state index in [1.807, 2.05) is 41.0 Å². The minimum Gasteiger partial charge on any atom is -0.441 e. The first-order valence-corrected chi connectivity index (χ1v) is 10.7. The van der Waals surface area contributed by atoms with Crippen LogP contribution in [0.3, 0.4) is 0 Å². The van der Waals surface area contributed by atoms with Crippen LogP contribution in [-0.2, 0) is 16.0 Å². The van der Waals surface area contributed by atoms with Crippen LogP contribution in [0, 0.1) is 12.8 Å². The molecule has 0 bridgehead atoms. The van der Waals surface area contributed by atoms with E-state index in [1.54, 1.807) is 6.20 Å². The number of nitrogens with zero attached hydrogens (tertiary/aromatic N) is 3. The summed E-state index contributed by atoms with van der Waals surface area (Å²) in [6, 6.07) is 8.10. The number of aromatic nitrogens is 1. The number of oxazole rings is 1. The van der Waals surface area contributed by atoms with Crippen molar-refractivity contribution in [2.45, 2.75) is 45.4 Å². The van der Waals surface area contributed by atoms with Gasteiger partial charge in [-0.25, -0.2) is 4.98 Å². The van der Waals surface area contributed by atoms with Gasteiger partial charge in [0.25, 0.3) is 0 Å². The number of carbonyl (C=O) groups excluding carboxylic acids is 2. The molecule has 0 spiro atoms. The Morgan fingerprint density at radius 3 is 2.38 bits per heavy atom. The molecule has 154 valence electrons. The number of rotatable bonds is 5. The molecule has 29 heavy (non-hydrogen) atoms. The summed E-state index contributed by atoms with van der Waals surface area (Å²) < 4.78 is 5.82. The lowest BCUT2D eigenvalue weighted by Gasteiger charge is -2.36. The number of hydrogen-bond acceptors (Lipinski definition) is 4. The second kappa shape index (κ2) is 8.80. The van der Waals surface area contributed by atoms with Crippen molar-refractivity contribution in [3.8, 4) is 11.3 Å². The van der Waals surface area contributed by atoms with Crippen LogP contribution in [0.5, 0.6) is 0 Å². The van der Waals surface area contributed by atoms with Crippen molar-refractivity contribution < 1.29 is 14.0 Å². The van der Waals surface area contributed by atoms with Crippen molar-refractivity contribution in [3.05, 3.63) is 41.9 Å². The summed E-state index contributed by atoms with van der Waals surface area (Å²) in [5.74, 6) is 1.92. The van der Waals surface area contributed by atoms with E-state index in [0.29, 0.717) is 44.9 Å². The minimum absolute atomic E-state index is 0.105. The van der Waals surface area contributed by atoms with Crippen LogP contribution in [0.2, 0.25) is 0 Å². The third kappa shape index (κ3) is 4.69. The zero-order valence-corrected chi connectivity index (χ0v) is 17.1. The Kier molecular flexibility index (Phi) is 5.97. The molecule has 0 atom stereocenters. The van der Waals surface area contributed by atoms with Crippen molar-refractivity contribution in [2.75, 3.05) is 26.2 Å². The zero-order valence-electron chi connectivity index (χ0n) is 17.1. The van der Waals surface area contributed by atoms with E-state index in [0.717, 1.165) is 24.2 Å². The first kappa shape index (κ1) is 19.7. The van der Waals surface area contributed by atoms with Crippen molar-refractivity contribution in [1.29, 1.82) is 0 Å². The van der Waals surface area contributed by atoms with Gasteiger partial charge in [0.05, 0.1) is 6.20 Å². The standard InChI is InChI=1S/C23H29N3O3/c1-17-6-8-18(9-7-17)20-16-24-21(29-20)10-11-22(27)25-12-14-26(15-13-25)23(28)19-4-2-3-5-19/h6-9,16,19H,2-5,10-15H2,1H3. The maximum atomic E-state index is 12.6. The first-order valence-electron chi connectivity index (χ1n) is 10.7. The second-order valence-corrected chi connectivity index (χ2v) is 8.17. The molecule has 2 heterocycles. The molecular formula is C23H29N3O3. The van der Waals surface area contributed by atoms with Crippen LogP contribution in [0.15, 0.2) is 34.9 Å². The van der Waals surface area contributed by atoms with Crippen molar-refractivity contribution >= 4 is 11.8 Å². The fourth-order valence-electron chi connectivity index (χ4n) is 4.26. The van der Waals surface area contributed by atoms with E-state index in [4.69, 9.17) is 4.42 Å². The summed E-state index contributed by atoms with van der Waals surface area (Å²) in [7, 11) is 0. The number of amides is 2. The largest absolute Gasteiger partial charge is 0.441 e. The molecule has 0 radical (unpaired) electrons. The molecule has 4 rings (SSSR count). The van der Waals surface area contributed by atoms with Gasteiger partial charge in [0.1, 0.15) is 0 Å². The van der Waals surface area contributed by atoms with E-state index < -0.39 is 0 Å². The Bertz CT molecular complexity index is 845. The zero-order chi connectivity index (χ0) is 20.2. The minimum atomic E-state index is 0.105. The van der Waals surface area contributed by atoms with Gasteiger partial charge in [0.15, 0.2) is 11.7 Å². The summed E-state index contributed by atoms with van der Waals surface area (Å²) in [6.07, 6.45) is 6.98. The molecule has 2 aromatic rings. The van der Waals surface area contributed by atoms with Crippen LogP contribution in [-0.4, -0.2) is 52.8 Å². The smallest absolute Gasteiger partial charge is 0.225 e. The van der Waals surface area contributed by atoms with Gasteiger partial charge in [-0.05, 0) is 19.8 Å². The fraction of sp³-hybridized carbons (Fsp3) is 0.522. The number of hydrogen-bond donors (Lipinski definition) is 0. The lowest BCUT2D eigenvalue weighted by molar-refractivity contribution is -0.142. The van der Waals surface area contributed by atoms with Gasteiger partial charge in [-0.1, -0.05) is 42.7 Å². The topological polar surface area (TPSA) is 66.7 Å². The Labute approximate surface area is 171 Å². The maximum absolute atomic E-state index is 12.6. The predicted octanol–water partition coefficient (Wildman–Crippen LogP) is 3.44. The summed E-state index contributed by atoms with van der Waals surface area (Å²) in [6.45, 7) is 4.59. The molecule has 0 unspecified atom stereocenters. The van der Waals surface area contributed by atoms with Crippen LogP contribution < -0.4 is 0 Å². The van der Waals surface area contributed by atoms with E-state index in [-0.39, 0.29) is 17.7 Å². The van der Waals surface area contributed by atoms with Gasteiger partial charge < -0.3 is 14.2 Å². The normalized spacial score (nSPS) is 17.7. The molecule has 0 N–H and O–H groups in total. The molecule has 2 aliphatic rings. The van der Waals surface area contributed by atoms with Gasteiger partial charge in [-0.2, -0.15) is 0 Å². The number of benzene rings is 1. The molecule has 2 fully saturated rings. The van der Waals surface area contributed by atoms with Gasteiger partial charge in [-0.15, -0.1) is 0 Å². The quantitative estimate of drug-likeness (QED) is 0.778. The van der Waals surface area contributed by atoms with Crippen LogP contribution >= 0.6 is 0 Å². The molecule has 2 amide bonds. The van der Waals surface area contributed by atoms with Gasteiger partial charge in [-0.3, -0.25) is 9.59 Å². The van der Waals surface area contributed by atoms with E-state index in [2.05, 4.69) is 4.98 Å². The number of carbonyl (C=O) groups is 2. The molecule has 1 aliphatic heterocycles. The highest BCUT2D eigenvalue weighted by Crippen LogP contribution is 2.27. The number of piperazine rings is 1. The van der Waals surface area contributed by atoms with E-state index in [9.17, 15) is 9.59 Å². The molecule has 1 aromatic carbocycles. The lowest BCUT2D eigenvalue weighted by atomic mass is 10.1. The highest BCUT2D eigenvalue weighted by atomic mass is 16.4. The van der Waals surface area contributed by atoms with E-state index >= 15 is 0 Å². The Morgan fingerprint density at radius 2 is 1.69 bits per heavy atom. The number of aryl methyl sites for hydroxylation is 2. The lowest BCUT2D eigenvalue weighted by Crippen LogP contribution is -2.51. The van der Waals surface area contributed by atoms with Crippen molar-refractivity contribution in [1.82, 2.24) is 14.8 Å². The second-order valence-electron chi connectivity index (χ2n) is 8.17. The van der Waals surface area contributed by atoms with Gasteiger partial charge in [0.2, 0.25) is 11.8 Å². The van der Waals surface area contributed by atoms with Gasteiger partial charge in [0, 0.05) is 50.5 Å². The molecule has 1 saturated heterocycles. The molecule has 6 nitrogen and oxygen atoms in total. The predicted molar refractivity (Wildman–Crippen MR) is 110 cm³/mol. The fourth-order valence-corrected chi connectivity index (χ4v) is 4.26. The van der Waals surface area contributed by atoms with Crippen LogP contribution in [0.25, 0.3) is 11.3 Å². The summed E-state index contributed by atoms with van der Waals surface area (Å²) >= 11 is 0. The van der Waals surface area contributed by atoms with Crippen molar-refractivity contribution in [3.63, 3.8) is 0 Å². The summed E-state index contributed by atoms with van der Waals surface area (Å²) in [5, 5.41) is 0. The highest BCUT2D eigenvalue weighted by molar-refractivity contribution is 5.80. The van der Waals surface area contributed by atoms with Crippen molar-refractivity contribution in [2.24, 2.45) is 5.92 Å². The highest BCUT2D eigenvalue weighted by Gasteiger charge is 2.30. The molecule has 6 heteroatoms. The molecular weight excluding hydrogens is 366 g/mol. The average molecular weight is 396 g/mol. The monoisotopic (exact) mass is 395 g/mol. The van der Waals surface area contributed by atoms with Crippen LogP contribution in [0.1, 0.15) is 43.6 Å². The molecule has 1 saturated carbocycles. The van der Waals surface area contributed by atoms with Gasteiger partial charge >= 0.3 is 0 Å². The molecule has 1 aliphatic carbocycles. The molecule has 1 aromatic heterocycles. The third-order valence-electron chi connectivity index (χ3n) is 6.09. The SMILES string of the molecule is Cc1ccc(-c2cnc(CCC(=O)N3CCN(C(=O)C4CCCC4)CC3)o2)cc1. The Hall–Kier alpha value is -2.63. The third-order valence-corrected chi connectivity index (χ3v) is 6.09. The summed E-state index contributed by atoms with van der Waals surface area (Å²) in [4.78, 5) is 33.2. The maximum Gasteiger partial charge on any atom is 0.225 e. The van der Waals surface area contributed by atoms with Crippen LogP contribution in [0.4, 0.5) is 0 Å².